The molecule has 0 saturated heterocycles. The molecule has 0 amide bonds. The molecule has 3 heterocycles. The van der Waals surface area contributed by atoms with Gasteiger partial charge in [-0.15, -0.1) is 0 Å². The highest BCUT2D eigenvalue weighted by atomic mass is 16.4. The van der Waals surface area contributed by atoms with Crippen molar-refractivity contribution in [2.75, 3.05) is 0 Å². The molecular formula is C32H27N3O2. The lowest BCUT2D eigenvalue weighted by molar-refractivity contribution is 0.297. The molecule has 2 atom stereocenters. The first kappa shape index (κ1) is 21.9. The second-order valence-corrected chi connectivity index (χ2v) is 9.69. The second-order valence-electron chi connectivity index (χ2n) is 9.69. The minimum atomic E-state index is -0.626. The Morgan fingerprint density at radius 3 is 2.24 bits per heavy atom. The zero-order valence-corrected chi connectivity index (χ0v) is 20.9. The van der Waals surface area contributed by atoms with Gasteiger partial charge in [0.05, 0.1) is 11.0 Å². The number of imidazole rings is 1. The van der Waals surface area contributed by atoms with Gasteiger partial charge in [0, 0.05) is 16.7 Å². The van der Waals surface area contributed by atoms with Crippen LogP contribution >= 0.6 is 0 Å². The van der Waals surface area contributed by atoms with E-state index < -0.39 is 5.41 Å². The highest BCUT2D eigenvalue weighted by Gasteiger charge is 2.48. The number of fused-ring (bicyclic) bond motifs is 5. The van der Waals surface area contributed by atoms with Gasteiger partial charge >= 0.3 is 0 Å². The van der Waals surface area contributed by atoms with Crippen LogP contribution in [0.5, 0.6) is 0 Å². The molecule has 4 aromatic carbocycles. The standard InChI is InChI=1S/C32H27N3O2/c1-3-22(20-13-11-19-28-29(20)21-12-5-9-17-26(21)36-28)32(4-2,30-33-23-14-6-7-15-24(23)34-30)31-35-25-16-8-10-18-27(25)37-31/h5-19,22H,3-4H2,1-2H3,(H,33,34). The van der Waals surface area contributed by atoms with E-state index in [0.29, 0.717) is 5.89 Å². The number of nitrogens with zero attached hydrogens (tertiary/aromatic N) is 2. The van der Waals surface area contributed by atoms with Crippen molar-refractivity contribution >= 4 is 44.1 Å². The van der Waals surface area contributed by atoms with Crippen LogP contribution in [0.15, 0.2) is 99.8 Å². The van der Waals surface area contributed by atoms with Crippen LogP contribution in [0.4, 0.5) is 0 Å². The number of rotatable bonds is 6. The third-order valence-electron chi connectivity index (χ3n) is 7.86. The summed E-state index contributed by atoms with van der Waals surface area (Å²) in [5, 5.41) is 2.27. The summed E-state index contributed by atoms with van der Waals surface area (Å²) < 4.78 is 12.8. The van der Waals surface area contributed by atoms with Gasteiger partial charge in [0.15, 0.2) is 5.58 Å². The Morgan fingerprint density at radius 2 is 1.46 bits per heavy atom. The number of oxazole rings is 1. The predicted molar refractivity (Wildman–Crippen MR) is 148 cm³/mol. The van der Waals surface area contributed by atoms with Crippen molar-refractivity contribution in [3.63, 3.8) is 0 Å². The Morgan fingerprint density at radius 1 is 0.730 bits per heavy atom. The Labute approximate surface area is 214 Å². The zero-order chi connectivity index (χ0) is 25.0. The number of aromatic amines is 1. The number of aromatic nitrogens is 3. The van der Waals surface area contributed by atoms with Gasteiger partial charge in [-0.1, -0.05) is 68.4 Å². The molecule has 3 aromatic heterocycles. The van der Waals surface area contributed by atoms with E-state index in [-0.39, 0.29) is 5.92 Å². The van der Waals surface area contributed by atoms with Gasteiger partial charge in [0.25, 0.3) is 0 Å². The summed E-state index contributed by atoms with van der Waals surface area (Å²) in [7, 11) is 0. The minimum absolute atomic E-state index is 0.0239. The maximum atomic E-state index is 6.57. The third kappa shape index (κ3) is 3.17. The highest BCUT2D eigenvalue weighted by Crippen LogP contribution is 2.51. The maximum absolute atomic E-state index is 6.57. The van der Waals surface area contributed by atoms with Crippen LogP contribution in [0, 0.1) is 0 Å². The molecular weight excluding hydrogens is 458 g/mol. The first-order valence-electron chi connectivity index (χ1n) is 12.9. The van der Waals surface area contributed by atoms with Gasteiger partial charge in [-0.25, -0.2) is 9.97 Å². The van der Waals surface area contributed by atoms with Crippen LogP contribution in [0.2, 0.25) is 0 Å². The molecule has 5 heteroatoms. The van der Waals surface area contributed by atoms with Crippen LogP contribution in [0.3, 0.4) is 0 Å². The van der Waals surface area contributed by atoms with Gasteiger partial charge in [-0.05, 0) is 54.8 Å². The van der Waals surface area contributed by atoms with Crippen molar-refractivity contribution in [1.29, 1.82) is 0 Å². The number of nitrogens with one attached hydrogen (secondary N) is 1. The number of H-pyrrole nitrogens is 1. The van der Waals surface area contributed by atoms with E-state index in [1.54, 1.807) is 0 Å². The van der Waals surface area contributed by atoms with Crippen molar-refractivity contribution in [2.45, 2.75) is 38.0 Å². The largest absolute Gasteiger partial charge is 0.456 e. The van der Waals surface area contributed by atoms with Gasteiger partial charge in [0.2, 0.25) is 5.89 Å². The lowest BCUT2D eigenvalue weighted by Crippen LogP contribution is -2.36. The molecule has 0 aliphatic heterocycles. The van der Waals surface area contributed by atoms with Gasteiger partial charge in [-0.3, -0.25) is 0 Å². The van der Waals surface area contributed by atoms with E-state index in [0.717, 1.165) is 62.7 Å². The Hall–Kier alpha value is -4.38. The lowest BCUT2D eigenvalue weighted by Gasteiger charge is -2.36. The van der Waals surface area contributed by atoms with Crippen LogP contribution in [0.1, 0.15) is 49.9 Å². The molecule has 0 fully saturated rings. The predicted octanol–water partition coefficient (Wildman–Crippen LogP) is 8.49. The Balaban J connectivity index is 1.57. The molecule has 182 valence electrons. The van der Waals surface area contributed by atoms with E-state index in [9.17, 15) is 0 Å². The number of furan rings is 1. The molecule has 0 aliphatic carbocycles. The number of hydrogen-bond donors (Lipinski definition) is 1. The molecule has 0 aliphatic rings. The first-order valence-corrected chi connectivity index (χ1v) is 12.9. The number of hydrogen-bond acceptors (Lipinski definition) is 4. The minimum Gasteiger partial charge on any atom is -0.456 e. The van der Waals surface area contributed by atoms with E-state index in [1.165, 1.54) is 5.56 Å². The summed E-state index contributed by atoms with van der Waals surface area (Å²) in [6, 6.07) is 30.8. The fraction of sp³-hybridized carbons (Fsp3) is 0.188. The molecule has 5 nitrogen and oxygen atoms in total. The summed E-state index contributed by atoms with van der Waals surface area (Å²) in [4.78, 5) is 13.9. The molecule has 0 spiro atoms. The molecule has 2 unspecified atom stereocenters. The van der Waals surface area contributed by atoms with Crippen LogP contribution in [0.25, 0.3) is 44.1 Å². The van der Waals surface area contributed by atoms with Crippen LogP contribution in [-0.2, 0) is 5.41 Å². The molecule has 37 heavy (non-hydrogen) atoms. The highest BCUT2D eigenvalue weighted by molar-refractivity contribution is 6.07. The average molecular weight is 486 g/mol. The van der Waals surface area contributed by atoms with E-state index in [4.69, 9.17) is 18.8 Å². The van der Waals surface area contributed by atoms with Gasteiger partial charge in [-0.2, -0.15) is 0 Å². The maximum Gasteiger partial charge on any atom is 0.209 e. The first-order chi connectivity index (χ1) is 18.2. The topological polar surface area (TPSA) is 67.8 Å². The lowest BCUT2D eigenvalue weighted by atomic mass is 9.67. The van der Waals surface area contributed by atoms with Crippen molar-refractivity contribution in [1.82, 2.24) is 15.0 Å². The Kier molecular flexibility index (Phi) is 4.93. The molecule has 1 N–H and O–H groups in total. The summed E-state index contributed by atoms with van der Waals surface area (Å²) in [6.07, 6.45) is 1.62. The smallest absolute Gasteiger partial charge is 0.209 e. The van der Waals surface area contributed by atoms with Gasteiger partial charge in [0.1, 0.15) is 27.9 Å². The van der Waals surface area contributed by atoms with Crippen LogP contribution in [-0.4, -0.2) is 15.0 Å². The van der Waals surface area contributed by atoms with E-state index in [2.05, 4.69) is 55.2 Å². The molecule has 0 radical (unpaired) electrons. The molecule has 0 bridgehead atoms. The van der Waals surface area contributed by atoms with E-state index >= 15 is 0 Å². The summed E-state index contributed by atoms with van der Waals surface area (Å²) in [6.45, 7) is 4.44. The summed E-state index contributed by atoms with van der Waals surface area (Å²) >= 11 is 0. The van der Waals surface area contributed by atoms with Gasteiger partial charge < -0.3 is 13.8 Å². The van der Waals surface area contributed by atoms with Crippen molar-refractivity contribution in [2.24, 2.45) is 0 Å². The van der Waals surface area contributed by atoms with E-state index in [1.807, 2.05) is 54.6 Å². The molecule has 7 aromatic rings. The average Bonchev–Trinajstić information content (AvgIpc) is 3.66. The molecule has 7 rings (SSSR count). The fourth-order valence-corrected chi connectivity index (χ4v) is 6.13. The molecule has 0 saturated carbocycles. The van der Waals surface area contributed by atoms with Crippen LogP contribution < -0.4 is 0 Å². The van der Waals surface area contributed by atoms with Crippen molar-refractivity contribution < 1.29 is 8.83 Å². The summed E-state index contributed by atoms with van der Waals surface area (Å²) in [5.74, 6) is 1.59. The zero-order valence-electron chi connectivity index (χ0n) is 20.9. The summed E-state index contributed by atoms with van der Waals surface area (Å²) in [5.41, 5.74) is 5.97. The van der Waals surface area contributed by atoms with Crippen molar-refractivity contribution in [3.8, 4) is 0 Å². The van der Waals surface area contributed by atoms with Crippen molar-refractivity contribution in [3.05, 3.63) is 108 Å². The fourth-order valence-electron chi connectivity index (χ4n) is 6.13. The third-order valence-corrected chi connectivity index (χ3v) is 7.86. The monoisotopic (exact) mass is 485 g/mol. The second kappa shape index (κ2) is 8.34. The normalized spacial score (nSPS) is 14.5. The SMILES string of the molecule is CCC(c1cccc2oc3ccccc3c12)C(CC)(c1nc2ccccc2[nH]1)c1nc2ccccc2o1. The number of benzene rings is 4. The number of para-hydroxylation sites is 5. The quantitative estimate of drug-likeness (QED) is 0.256. The Bertz CT molecular complexity index is 1750.